The van der Waals surface area contributed by atoms with Gasteiger partial charge < -0.3 is 4.74 Å². The van der Waals surface area contributed by atoms with Crippen molar-refractivity contribution in [2.75, 3.05) is 0 Å². The van der Waals surface area contributed by atoms with E-state index in [4.69, 9.17) is 4.74 Å². The molecule has 1 saturated carbocycles. The lowest BCUT2D eigenvalue weighted by Crippen LogP contribution is -2.39. The number of benzene rings is 1. The Morgan fingerprint density at radius 1 is 1.28 bits per heavy atom. The van der Waals surface area contributed by atoms with E-state index in [-0.39, 0.29) is 18.1 Å². The van der Waals surface area contributed by atoms with Gasteiger partial charge in [-0.1, -0.05) is 18.2 Å². The highest BCUT2D eigenvalue weighted by Crippen LogP contribution is 2.28. The summed E-state index contributed by atoms with van der Waals surface area (Å²) in [5, 5.41) is 0. The van der Waals surface area contributed by atoms with Gasteiger partial charge in [-0.2, -0.15) is 0 Å². The number of rotatable bonds is 2. The summed E-state index contributed by atoms with van der Waals surface area (Å²) in [6.45, 7) is 0. The van der Waals surface area contributed by atoms with Gasteiger partial charge in [0.05, 0.1) is 0 Å². The number of ether oxygens (including phenoxy) is 1. The van der Waals surface area contributed by atoms with Crippen molar-refractivity contribution in [3.05, 3.63) is 29.8 Å². The predicted molar refractivity (Wildman–Crippen MR) is 71.3 cm³/mol. The van der Waals surface area contributed by atoms with Crippen LogP contribution in [0, 0.1) is 0 Å². The highest BCUT2D eigenvalue weighted by molar-refractivity contribution is 7.97. The highest BCUT2D eigenvalue weighted by atomic mass is 32.2. The first kappa shape index (κ1) is 12.1. The van der Waals surface area contributed by atoms with Gasteiger partial charge in [0.1, 0.15) is 12.1 Å². The van der Waals surface area contributed by atoms with Gasteiger partial charge in [0, 0.05) is 11.3 Å². The molecule has 1 aliphatic carbocycles. The lowest BCUT2D eigenvalue weighted by molar-refractivity contribution is -0.150. The quantitative estimate of drug-likeness (QED) is 0.657. The van der Waals surface area contributed by atoms with Gasteiger partial charge in [-0.3, -0.25) is 4.79 Å². The molecular formula is C14H17NO2S. The van der Waals surface area contributed by atoms with Crippen molar-refractivity contribution < 1.29 is 9.53 Å². The van der Waals surface area contributed by atoms with Crippen molar-refractivity contribution in [1.29, 1.82) is 0 Å². The molecule has 1 aliphatic heterocycles. The van der Waals surface area contributed by atoms with Crippen LogP contribution in [0.25, 0.3) is 0 Å². The van der Waals surface area contributed by atoms with E-state index in [1.807, 2.05) is 12.1 Å². The van der Waals surface area contributed by atoms with Gasteiger partial charge >= 0.3 is 5.97 Å². The summed E-state index contributed by atoms with van der Waals surface area (Å²) in [5.41, 5.74) is 1.23. The van der Waals surface area contributed by atoms with Crippen LogP contribution in [0.2, 0.25) is 0 Å². The molecule has 1 aromatic carbocycles. The molecule has 1 atom stereocenters. The number of hydrogen-bond donors (Lipinski definition) is 1. The Hall–Kier alpha value is -1.00. The van der Waals surface area contributed by atoms with Crippen LogP contribution in [0.15, 0.2) is 29.2 Å². The zero-order valence-electron chi connectivity index (χ0n) is 10.2. The summed E-state index contributed by atoms with van der Waals surface area (Å²) < 4.78 is 8.74. The first-order valence-corrected chi connectivity index (χ1v) is 7.35. The van der Waals surface area contributed by atoms with Gasteiger partial charge in [-0.15, -0.1) is 0 Å². The largest absolute Gasteiger partial charge is 0.461 e. The Bertz CT molecular complexity index is 443. The summed E-state index contributed by atoms with van der Waals surface area (Å²) in [7, 11) is 0. The Balaban J connectivity index is 1.62. The van der Waals surface area contributed by atoms with Crippen LogP contribution in [0.5, 0.6) is 0 Å². The molecule has 1 heterocycles. The summed E-state index contributed by atoms with van der Waals surface area (Å²) >= 11 is 1.53. The standard InChI is InChI=1S/C14H17NO2S/c16-14(17-11-6-2-3-7-11)12-9-10-5-1-4-8-13(10)18-15-12/h1,4-5,8,11-12,15H,2-3,6-7,9H2. The Kier molecular flexibility index (Phi) is 3.57. The molecular weight excluding hydrogens is 246 g/mol. The molecule has 96 valence electrons. The first-order chi connectivity index (χ1) is 8.83. The van der Waals surface area contributed by atoms with E-state index in [9.17, 15) is 4.79 Å². The Morgan fingerprint density at radius 2 is 2.06 bits per heavy atom. The second-order valence-corrected chi connectivity index (χ2v) is 5.81. The van der Waals surface area contributed by atoms with Crippen LogP contribution in [0.4, 0.5) is 0 Å². The van der Waals surface area contributed by atoms with Crippen LogP contribution >= 0.6 is 11.9 Å². The molecule has 0 radical (unpaired) electrons. The van der Waals surface area contributed by atoms with Gasteiger partial charge in [0.2, 0.25) is 0 Å². The van der Waals surface area contributed by atoms with Crippen molar-refractivity contribution in [2.24, 2.45) is 0 Å². The SMILES string of the molecule is O=C(OC1CCCC1)C1Cc2ccccc2SN1. The molecule has 18 heavy (non-hydrogen) atoms. The van der Waals surface area contributed by atoms with Crippen LogP contribution in [-0.4, -0.2) is 18.1 Å². The third-order valence-electron chi connectivity index (χ3n) is 3.58. The summed E-state index contributed by atoms with van der Waals surface area (Å²) in [4.78, 5) is 13.3. The second-order valence-electron chi connectivity index (χ2n) is 4.93. The summed E-state index contributed by atoms with van der Waals surface area (Å²) in [6, 6.07) is 7.99. The molecule has 0 amide bonds. The molecule has 1 aromatic rings. The molecule has 1 fully saturated rings. The number of fused-ring (bicyclic) bond motifs is 1. The molecule has 0 spiro atoms. The van der Waals surface area contributed by atoms with Crippen LogP contribution in [0.3, 0.4) is 0 Å². The normalized spacial score (nSPS) is 23.7. The molecule has 0 aromatic heterocycles. The molecule has 4 heteroatoms. The van der Waals surface area contributed by atoms with E-state index >= 15 is 0 Å². The molecule has 3 nitrogen and oxygen atoms in total. The first-order valence-electron chi connectivity index (χ1n) is 6.54. The zero-order chi connectivity index (χ0) is 12.4. The summed E-state index contributed by atoms with van der Waals surface area (Å²) in [5.74, 6) is -0.0936. The molecule has 3 rings (SSSR count). The van der Waals surface area contributed by atoms with Crippen LogP contribution in [0.1, 0.15) is 31.2 Å². The third-order valence-corrected chi connectivity index (χ3v) is 4.60. The van der Waals surface area contributed by atoms with Crippen molar-refractivity contribution in [3.8, 4) is 0 Å². The van der Waals surface area contributed by atoms with E-state index in [0.717, 1.165) is 19.3 Å². The third kappa shape index (κ3) is 2.54. The molecule has 0 bridgehead atoms. The van der Waals surface area contributed by atoms with Crippen LogP contribution < -0.4 is 4.72 Å². The molecule has 1 N–H and O–H groups in total. The fourth-order valence-electron chi connectivity index (χ4n) is 2.55. The van der Waals surface area contributed by atoms with Crippen molar-refractivity contribution >= 4 is 17.9 Å². The predicted octanol–water partition coefficient (Wildman–Crippen LogP) is 2.69. The lowest BCUT2D eigenvalue weighted by Gasteiger charge is -2.24. The smallest absolute Gasteiger partial charge is 0.324 e. The highest BCUT2D eigenvalue weighted by Gasteiger charge is 2.28. The number of carbonyl (C=O) groups is 1. The summed E-state index contributed by atoms with van der Waals surface area (Å²) in [6.07, 6.45) is 5.32. The minimum Gasteiger partial charge on any atom is -0.461 e. The number of esters is 1. The van der Waals surface area contributed by atoms with E-state index in [1.54, 1.807) is 0 Å². The molecule has 1 unspecified atom stereocenters. The van der Waals surface area contributed by atoms with Crippen molar-refractivity contribution in [2.45, 2.75) is 49.1 Å². The Morgan fingerprint density at radius 3 is 2.89 bits per heavy atom. The molecule has 2 aliphatic rings. The number of nitrogens with one attached hydrogen (secondary N) is 1. The van der Waals surface area contributed by atoms with E-state index < -0.39 is 0 Å². The monoisotopic (exact) mass is 263 g/mol. The van der Waals surface area contributed by atoms with E-state index in [0.29, 0.717) is 0 Å². The fraction of sp³-hybridized carbons (Fsp3) is 0.500. The number of carbonyl (C=O) groups excluding carboxylic acids is 1. The van der Waals surface area contributed by atoms with Crippen molar-refractivity contribution in [1.82, 2.24) is 4.72 Å². The average Bonchev–Trinajstić information content (AvgIpc) is 2.91. The van der Waals surface area contributed by atoms with Crippen molar-refractivity contribution in [3.63, 3.8) is 0 Å². The second kappa shape index (κ2) is 5.33. The van der Waals surface area contributed by atoms with Gasteiger partial charge in [-0.05, 0) is 49.3 Å². The van der Waals surface area contributed by atoms with Gasteiger partial charge in [0.15, 0.2) is 0 Å². The fourth-order valence-corrected chi connectivity index (χ4v) is 3.43. The average molecular weight is 263 g/mol. The lowest BCUT2D eigenvalue weighted by atomic mass is 10.1. The zero-order valence-corrected chi connectivity index (χ0v) is 11.0. The topological polar surface area (TPSA) is 38.3 Å². The maximum absolute atomic E-state index is 12.1. The minimum absolute atomic E-state index is 0.0936. The van der Waals surface area contributed by atoms with Crippen LogP contribution in [-0.2, 0) is 16.0 Å². The Labute approximate surface area is 111 Å². The maximum atomic E-state index is 12.1. The molecule has 0 saturated heterocycles. The van der Waals surface area contributed by atoms with Gasteiger partial charge in [-0.25, -0.2) is 4.72 Å². The minimum atomic E-state index is -0.203. The van der Waals surface area contributed by atoms with E-state index in [2.05, 4.69) is 16.9 Å². The number of hydrogen-bond acceptors (Lipinski definition) is 4. The van der Waals surface area contributed by atoms with E-state index in [1.165, 1.54) is 35.2 Å². The van der Waals surface area contributed by atoms with Gasteiger partial charge in [0.25, 0.3) is 0 Å². The maximum Gasteiger partial charge on any atom is 0.324 e.